The average molecular weight is 358 g/mol. The van der Waals surface area contributed by atoms with Gasteiger partial charge in [-0.15, -0.1) is 0 Å². The highest BCUT2D eigenvalue weighted by atomic mass is 16.5. The minimum Gasteiger partial charge on any atom is -0.497 e. The number of benzene rings is 2. The van der Waals surface area contributed by atoms with Crippen LogP contribution in [0.1, 0.15) is 25.0 Å². The number of rotatable bonds is 4. The summed E-state index contributed by atoms with van der Waals surface area (Å²) in [5.41, 5.74) is 3.71. The van der Waals surface area contributed by atoms with Crippen molar-refractivity contribution < 1.29 is 9.53 Å². The first-order chi connectivity index (χ1) is 12.9. The van der Waals surface area contributed by atoms with Crippen molar-refractivity contribution in [2.45, 2.75) is 19.3 Å². The van der Waals surface area contributed by atoms with Gasteiger partial charge in [0.1, 0.15) is 11.8 Å². The first-order valence-corrected chi connectivity index (χ1v) is 8.74. The predicted molar refractivity (Wildman–Crippen MR) is 108 cm³/mol. The molecule has 0 unspecified atom stereocenters. The van der Waals surface area contributed by atoms with Crippen LogP contribution >= 0.6 is 0 Å². The molecule has 0 amide bonds. The molecule has 0 N–H and O–H groups in total. The average Bonchev–Trinajstić information content (AvgIpc) is 2.87. The zero-order chi connectivity index (χ0) is 19.6. The molecule has 1 heterocycles. The quantitative estimate of drug-likeness (QED) is 0.597. The molecule has 3 rings (SSSR count). The molecule has 2 aromatic rings. The van der Waals surface area contributed by atoms with Crippen molar-refractivity contribution in [3.8, 4) is 11.8 Å². The number of ether oxygens (including phenoxy) is 1. The molecule has 0 aliphatic carbocycles. The number of allylic oxidation sites excluding steroid dienone is 3. The van der Waals surface area contributed by atoms with Crippen LogP contribution in [0.15, 0.2) is 65.9 Å². The van der Waals surface area contributed by atoms with Crippen LogP contribution in [0.2, 0.25) is 0 Å². The van der Waals surface area contributed by atoms with E-state index in [0.29, 0.717) is 0 Å². The van der Waals surface area contributed by atoms with Gasteiger partial charge in [-0.3, -0.25) is 4.79 Å². The van der Waals surface area contributed by atoms with Gasteiger partial charge in [-0.25, -0.2) is 0 Å². The van der Waals surface area contributed by atoms with Crippen LogP contribution in [-0.4, -0.2) is 19.9 Å². The number of nitriles is 1. The Morgan fingerprint density at radius 1 is 1.15 bits per heavy atom. The summed E-state index contributed by atoms with van der Waals surface area (Å²) in [6.45, 7) is 4.18. The van der Waals surface area contributed by atoms with Gasteiger partial charge in [-0.2, -0.15) is 5.26 Å². The summed E-state index contributed by atoms with van der Waals surface area (Å²) in [7, 11) is 3.55. The van der Waals surface area contributed by atoms with E-state index < -0.39 is 0 Å². The van der Waals surface area contributed by atoms with Gasteiger partial charge < -0.3 is 9.64 Å². The van der Waals surface area contributed by atoms with E-state index >= 15 is 0 Å². The number of carbonyl (C=O) groups is 1. The summed E-state index contributed by atoms with van der Waals surface area (Å²) in [5.74, 6) is 0.433. The predicted octanol–water partition coefficient (Wildman–Crippen LogP) is 4.48. The lowest BCUT2D eigenvalue weighted by Gasteiger charge is -2.23. The van der Waals surface area contributed by atoms with Crippen molar-refractivity contribution in [3.05, 3.63) is 77.0 Å². The molecule has 1 aliphatic heterocycles. The van der Waals surface area contributed by atoms with E-state index in [1.807, 2.05) is 48.3 Å². The maximum absolute atomic E-state index is 12.8. The Balaban J connectivity index is 1.95. The molecule has 0 fully saturated rings. The van der Waals surface area contributed by atoms with Gasteiger partial charge in [0, 0.05) is 29.9 Å². The number of likely N-dealkylation sites (N-methyl/N-ethyl adjacent to an activating group) is 1. The molecule has 0 saturated carbocycles. The van der Waals surface area contributed by atoms with E-state index in [1.54, 1.807) is 31.4 Å². The van der Waals surface area contributed by atoms with Crippen molar-refractivity contribution in [1.82, 2.24) is 0 Å². The third kappa shape index (κ3) is 3.37. The molecule has 0 radical (unpaired) electrons. The molecule has 4 heteroatoms. The molecule has 0 aromatic heterocycles. The molecule has 0 spiro atoms. The molecule has 27 heavy (non-hydrogen) atoms. The number of para-hydroxylation sites is 1. The molecular weight excluding hydrogens is 336 g/mol. The van der Waals surface area contributed by atoms with E-state index in [1.165, 1.54) is 5.56 Å². The number of nitrogens with zero attached hydrogens (tertiary/aromatic N) is 2. The van der Waals surface area contributed by atoms with Crippen molar-refractivity contribution in [2.24, 2.45) is 0 Å². The zero-order valence-electron chi connectivity index (χ0n) is 16.0. The van der Waals surface area contributed by atoms with Gasteiger partial charge in [-0.05, 0) is 35.4 Å². The minimum atomic E-state index is -0.304. The van der Waals surface area contributed by atoms with Crippen LogP contribution in [0.3, 0.4) is 0 Å². The van der Waals surface area contributed by atoms with E-state index in [4.69, 9.17) is 4.74 Å². The van der Waals surface area contributed by atoms with Crippen LogP contribution in [0, 0.1) is 11.3 Å². The number of hydrogen-bond acceptors (Lipinski definition) is 4. The molecule has 0 bridgehead atoms. The second kappa shape index (κ2) is 7.13. The Labute approximate surface area is 160 Å². The smallest absolute Gasteiger partial charge is 0.198 e. The third-order valence-corrected chi connectivity index (χ3v) is 5.02. The van der Waals surface area contributed by atoms with Gasteiger partial charge in [0.2, 0.25) is 0 Å². The second-order valence-corrected chi connectivity index (χ2v) is 7.04. The lowest BCUT2D eigenvalue weighted by Crippen LogP contribution is -2.24. The fraction of sp³-hybridized carbons (Fsp3) is 0.217. The fourth-order valence-electron chi connectivity index (χ4n) is 3.49. The van der Waals surface area contributed by atoms with Gasteiger partial charge in [0.15, 0.2) is 5.78 Å². The van der Waals surface area contributed by atoms with Gasteiger partial charge in [0.05, 0.1) is 12.7 Å². The first kappa shape index (κ1) is 18.5. The van der Waals surface area contributed by atoms with Crippen LogP contribution in [0.5, 0.6) is 5.75 Å². The van der Waals surface area contributed by atoms with E-state index in [-0.39, 0.29) is 16.8 Å². The lowest BCUT2D eigenvalue weighted by atomic mass is 9.83. The Morgan fingerprint density at radius 2 is 1.81 bits per heavy atom. The lowest BCUT2D eigenvalue weighted by molar-refractivity contribution is -0.111. The van der Waals surface area contributed by atoms with Gasteiger partial charge in [0.25, 0.3) is 0 Å². The Kier molecular flexibility index (Phi) is 4.87. The summed E-state index contributed by atoms with van der Waals surface area (Å²) in [6.07, 6.45) is 3.19. The Bertz CT molecular complexity index is 976. The van der Waals surface area contributed by atoms with E-state index in [2.05, 4.69) is 19.9 Å². The highest BCUT2D eigenvalue weighted by Crippen LogP contribution is 2.46. The van der Waals surface area contributed by atoms with Crippen molar-refractivity contribution in [1.29, 1.82) is 5.26 Å². The minimum absolute atomic E-state index is 0.104. The number of fused-ring (bicyclic) bond motifs is 1. The third-order valence-electron chi connectivity index (χ3n) is 5.02. The van der Waals surface area contributed by atoms with Gasteiger partial charge in [-0.1, -0.05) is 44.2 Å². The fourth-order valence-corrected chi connectivity index (χ4v) is 3.49. The van der Waals surface area contributed by atoms with Crippen LogP contribution in [-0.2, 0) is 10.2 Å². The summed E-state index contributed by atoms with van der Waals surface area (Å²) in [4.78, 5) is 14.8. The maximum atomic E-state index is 12.8. The van der Waals surface area contributed by atoms with Crippen molar-refractivity contribution >= 4 is 17.5 Å². The Morgan fingerprint density at radius 3 is 2.41 bits per heavy atom. The summed E-state index contributed by atoms with van der Waals surface area (Å²) in [5, 5.41) is 9.50. The maximum Gasteiger partial charge on any atom is 0.198 e. The number of hydrogen-bond donors (Lipinski definition) is 0. The number of methoxy groups -OCH3 is 1. The largest absolute Gasteiger partial charge is 0.497 e. The molecule has 0 saturated heterocycles. The SMILES string of the molecule is COc1ccc(/C=C(\C#N)C(=O)/C=C2/N(C)c3ccccc3C2(C)C)cc1. The zero-order valence-corrected chi connectivity index (χ0v) is 16.0. The van der Waals surface area contributed by atoms with Crippen molar-refractivity contribution in [3.63, 3.8) is 0 Å². The summed E-state index contributed by atoms with van der Waals surface area (Å²) >= 11 is 0. The molecule has 2 aromatic carbocycles. The highest BCUT2D eigenvalue weighted by Gasteiger charge is 2.38. The molecular formula is C23H22N2O2. The normalized spacial score (nSPS) is 16.8. The molecule has 1 aliphatic rings. The number of carbonyl (C=O) groups excluding carboxylic acids is 1. The monoisotopic (exact) mass is 358 g/mol. The van der Waals surface area contributed by atoms with Crippen LogP contribution in [0.25, 0.3) is 6.08 Å². The van der Waals surface area contributed by atoms with E-state index in [0.717, 1.165) is 22.7 Å². The van der Waals surface area contributed by atoms with E-state index in [9.17, 15) is 10.1 Å². The standard InChI is InChI=1S/C23H22N2O2/c1-23(2)19-7-5-6-8-20(19)25(3)22(23)14-21(26)17(15-24)13-16-9-11-18(27-4)12-10-16/h5-14H,1-4H3/b17-13+,22-14+. The van der Waals surface area contributed by atoms with Gasteiger partial charge >= 0.3 is 0 Å². The second-order valence-electron chi connectivity index (χ2n) is 7.04. The van der Waals surface area contributed by atoms with Crippen LogP contribution < -0.4 is 9.64 Å². The molecule has 0 atom stereocenters. The molecule has 136 valence electrons. The Hall–Kier alpha value is -3.32. The van der Waals surface area contributed by atoms with Crippen molar-refractivity contribution in [2.75, 3.05) is 19.1 Å². The molecule has 4 nitrogen and oxygen atoms in total. The number of ketones is 1. The topological polar surface area (TPSA) is 53.3 Å². The summed E-state index contributed by atoms with van der Waals surface area (Å²) < 4.78 is 5.13. The highest BCUT2D eigenvalue weighted by molar-refractivity contribution is 6.11. The summed E-state index contributed by atoms with van der Waals surface area (Å²) in [6, 6.07) is 17.4. The van der Waals surface area contributed by atoms with Crippen LogP contribution in [0.4, 0.5) is 5.69 Å². The number of anilines is 1. The first-order valence-electron chi connectivity index (χ1n) is 8.74.